The summed E-state index contributed by atoms with van der Waals surface area (Å²) in [4.78, 5) is 9.29. The number of rotatable bonds is 1. The van der Waals surface area contributed by atoms with Crippen LogP contribution in [0, 0.1) is 0 Å². The molecule has 0 radical (unpaired) electrons. The second-order valence-electron chi connectivity index (χ2n) is 0.552. The Morgan fingerprint density at radius 3 is 2.00 bits per heavy atom. The summed E-state index contributed by atoms with van der Waals surface area (Å²) in [5.74, 6) is -0.965. The van der Waals surface area contributed by atoms with E-state index in [0.29, 0.717) is 0 Å². The Hall–Kier alpha value is 1.64. The summed E-state index contributed by atoms with van der Waals surface area (Å²) in [6.07, 6.45) is 0. The first-order chi connectivity index (χ1) is 2.27. The molecule has 0 atom stereocenters. The molecule has 0 saturated heterocycles. The zero-order valence-corrected chi connectivity index (χ0v) is 11.1. The van der Waals surface area contributed by atoms with Gasteiger partial charge in [0.05, 0.1) is 5.75 Å². The molecule has 0 heterocycles. The first-order valence-electron chi connectivity index (χ1n) is 1.10. The van der Waals surface area contributed by atoms with E-state index in [9.17, 15) is 4.79 Å². The van der Waals surface area contributed by atoms with Gasteiger partial charge in [-0.3, -0.25) is 4.79 Å². The van der Waals surface area contributed by atoms with E-state index >= 15 is 0 Å². The standard InChI is InChI=1S/C2H4O2S.Na.Sb.4H/c3-2(4)1-5;;;;;;/h5H,1H2,(H,3,4);;;;;;/q;+1;;;;;-1. The fraction of sp³-hybridized carbons (Fsp3) is 0.500. The van der Waals surface area contributed by atoms with Crippen LogP contribution in [-0.2, 0) is 4.79 Å². The molecule has 0 bridgehead atoms. The van der Waals surface area contributed by atoms with Gasteiger partial charge < -0.3 is 6.53 Å². The molecule has 0 aliphatic carbocycles. The quantitative estimate of drug-likeness (QED) is 0.362. The van der Waals surface area contributed by atoms with E-state index in [1.807, 2.05) is 0 Å². The average molecular weight is 241 g/mol. The van der Waals surface area contributed by atoms with E-state index in [1.165, 1.54) is 0 Å². The number of thiol groups is 1. The van der Waals surface area contributed by atoms with Crippen LogP contribution in [0.2, 0.25) is 0 Å². The summed E-state index contributed by atoms with van der Waals surface area (Å²) in [7, 11) is 0. The summed E-state index contributed by atoms with van der Waals surface area (Å²) in [6, 6.07) is 0. The molecule has 0 spiro atoms. The average Bonchev–Trinajstić information content (AvgIpc) is 1.38. The van der Waals surface area contributed by atoms with Crippen LogP contribution in [0.5, 0.6) is 0 Å². The Kier molecular flexibility index (Phi) is 24.0. The van der Waals surface area contributed by atoms with Crippen LogP contribution in [0.3, 0.4) is 0 Å². The topological polar surface area (TPSA) is 37.3 Å². The first-order valence-corrected chi connectivity index (χ1v) is 1.73. The predicted molar refractivity (Wildman–Crippen MR) is 32.5 cm³/mol. The van der Waals surface area contributed by atoms with Gasteiger partial charge in [0.1, 0.15) is 0 Å². The molecular weight excluding hydrogens is 233 g/mol. The third-order valence-electron chi connectivity index (χ3n) is 0.135. The predicted octanol–water partition coefficient (Wildman–Crippen LogP) is -4.07. The summed E-state index contributed by atoms with van der Waals surface area (Å²) in [6.45, 7) is 0. The molecular formula is C2H8NaO2SSb. The SMILES string of the molecule is O=C(O)CS.[H-].[Na+].[SbH3]. The van der Waals surface area contributed by atoms with Gasteiger partial charge in [0.25, 0.3) is 0 Å². The number of hydrogen-bond donors (Lipinski definition) is 2. The van der Waals surface area contributed by atoms with Crippen LogP contribution < -0.4 is 29.6 Å². The van der Waals surface area contributed by atoms with Crippen molar-refractivity contribution in [3.8, 4) is 0 Å². The number of carboxylic acid groups (broad SMARTS) is 1. The van der Waals surface area contributed by atoms with Gasteiger partial charge in [0.2, 0.25) is 0 Å². The molecule has 0 aromatic heterocycles. The normalized spacial score (nSPS) is 5.29. The molecule has 2 nitrogen and oxygen atoms in total. The van der Waals surface area contributed by atoms with Gasteiger partial charge in [0.15, 0.2) is 0 Å². The first kappa shape index (κ1) is 15.9. The van der Waals surface area contributed by atoms with Crippen LogP contribution in [0.25, 0.3) is 0 Å². The van der Waals surface area contributed by atoms with Gasteiger partial charge in [-0.05, 0) is 0 Å². The van der Waals surface area contributed by atoms with Crippen molar-refractivity contribution in [2.45, 2.75) is 0 Å². The molecule has 5 heteroatoms. The molecule has 0 unspecified atom stereocenters. The van der Waals surface area contributed by atoms with E-state index in [2.05, 4.69) is 12.6 Å². The molecule has 0 fully saturated rings. The second-order valence-corrected chi connectivity index (χ2v) is 0.868. The van der Waals surface area contributed by atoms with Crippen molar-refractivity contribution in [3.05, 3.63) is 0 Å². The molecule has 40 valence electrons. The maximum absolute atomic E-state index is 9.29. The third kappa shape index (κ3) is 18.3. The molecule has 0 aliphatic heterocycles. The molecule has 0 aromatic rings. The summed E-state index contributed by atoms with van der Waals surface area (Å²) >= 11 is 3.42. The van der Waals surface area contributed by atoms with Crippen LogP contribution in [0.4, 0.5) is 0 Å². The Morgan fingerprint density at radius 1 is 1.86 bits per heavy atom. The van der Waals surface area contributed by atoms with Gasteiger partial charge in [-0.1, -0.05) is 0 Å². The Balaban J connectivity index is -0.0000000267. The van der Waals surface area contributed by atoms with Crippen molar-refractivity contribution in [2.75, 3.05) is 5.75 Å². The minimum absolute atomic E-state index is 0. The number of carboxylic acids is 1. The number of carbonyl (C=O) groups is 1. The van der Waals surface area contributed by atoms with Crippen LogP contribution in [0.15, 0.2) is 0 Å². The molecule has 0 saturated carbocycles. The third-order valence-corrected chi connectivity index (χ3v) is 0.406. The molecule has 1 N–H and O–H groups in total. The summed E-state index contributed by atoms with van der Waals surface area (Å²) < 4.78 is 0. The van der Waals surface area contributed by atoms with Gasteiger partial charge in [-0.15, -0.1) is 0 Å². The molecule has 0 rings (SSSR count). The second kappa shape index (κ2) is 10.6. The van der Waals surface area contributed by atoms with E-state index in [4.69, 9.17) is 5.11 Å². The Labute approximate surface area is 88.7 Å². The van der Waals surface area contributed by atoms with Crippen molar-refractivity contribution in [1.29, 1.82) is 0 Å². The van der Waals surface area contributed by atoms with Crippen molar-refractivity contribution in [2.24, 2.45) is 0 Å². The fourth-order valence-corrected chi connectivity index (χ4v) is 0. The maximum atomic E-state index is 9.29. The van der Waals surface area contributed by atoms with Crippen LogP contribution in [-0.4, -0.2) is 41.3 Å². The van der Waals surface area contributed by atoms with Gasteiger partial charge in [-0.2, -0.15) is 12.6 Å². The van der Waals surface area contributed by atoms with Crippen LogP contribution >= 0.6 is 12.6 Å². The zero-order chi connectivity index (χ0) is 4.28. The monoisotopic (exact) mass is 240 g/mol. The molecule has 0 aromatic carbocycles. The van der Waals surface area contributed by atoms with Crippen molar-refractivity contribution in [3.63, 3.8) is 0 Å². The minimum atomic E-state index is -0.881. The summed E-state index contributed by atoms with van der Waals surface area (Å²) in [5, 5.41) is 7.65. The van der Waals surface area contributed by atoms with E-state index in [0.717, 1.165) is 0 Å². The Morgan fingerprint density at radius 2 is 2.00 bits per heavy atom. The van der Waals surface area contributed by atoms with Gasteiger partial charge in [-0.25, -0.2) is 0 Å². The molecule has 0 amide bonds. The fourth-order valence-electron chi connectivity index (χ4n) is 0. The Bertz CT molecular complexity index is 55.3. The van der Waals surface area contributed by atoms with E-state index < -0.39 is 5.97 Å². The number of hydrogen-bond acceptors (Lipinski definition) is 2. The van der Waals surface area contributed by atoms with Gasteiger partial charge in [0, 0.05) is 0 Å². The van der Waals surface area contributed by atoms with E-state index in [1.54, 1.807) is 0 Å². The molecule has 7 heavy (non-hydrogen) atoms. The van der Waals surface area contributed by atoms with Crippen molar-refractivity contribution in [1.82, 2.24) is 0 Å². The molecule has 0 aliphatic rings. The number of aliphatic carboxylic acids is 1. The van der Waals surface area contributed by atoms with Crippen molar-refractivity contribution >= 4 is 43.0 Å². The van der Waals surface area contributed by atoms with E-state index in [-0.39, 0.29) is 61.2 Å². The van der Waals surface area contributed by atoms with Gasteiger partial charge >= 0.3 is 60.0 Å². The van der Waals surface area contributed by atoms with Crippen LogP contribution in [0.1, 0.15) is 1.43 Å². The summed E-state index contributed by atoms with van der Waals surface area (Å²) in [5.41, 5.74) is 0. The van der Waals surface area contributed by atoms with Crippen molar-refractivity contribution < 1.29 is 40.9 Å². The zero-order valence-electron chi connectivity index (χ0n) is 5.22.